The Morgan fingerprint density at radius 3 is 1.92 bits per heavy atom. The largest absolute Gasteiger partial charge is 0.352 e. The van der Waals surface area contributed by atoms with Gasteiger partial charge >= 0.3 is 0 Å². The third-order valence-electron chi connectivity index (χ3n) is 6.29. The normalized spacial score (nSPS) is 12.2. The highest BCUT2D eigenvalue weighted by Crippen LogP contribution is 2.26. The summed E-state index contributed by atoms with van der Waals surface area (Å²) in [5, 5.41) is 3.34. The third kappa shape index (κ3) is 7.83. The molecule has 3 aromatic carbocycles. The first-order chi connectivity index (χ1) is 18.4. The molecule has 0 fully saturated rings. The molecule has 9 heteroatoms. The van der Waals surface area contributed by atoms with Crippen molar-refractivity contribution in [1.82, 2.24) is 10.2 Å². The van der Waals surface area contributed by atoms with E-state index in [2.05, 4.69) is 5.32 Å². The van der Waals surface area contributed by atoms with Crippen LogP contribution in [0.3, 0.4) is 0 Å². The second kappa shape index (κ2) is 13.1. The Morgan fingerprint density at radius 2 is 1.41 bits per heavy atom. The molecule has 0 heterocycles. The summed E-state index contributed by atoms with van der Waals surface area (Å²) in [6.07, 6.45) is 0.363. The Hall–Kier alpha value is -3.36. The first-order valence-electron chi connectivity index (χ1n) is 12.9. The van der Waals surface area contributed by atoms with Crippen molar-refractivity contribution < 1.29 is 18.0 Å². The Morgan fingerprint density at radius 1 is 0.872 bits per heavy atom. The fourth-order valence-corrected chi connectivity index (χ4v) is 5.70. The van der Waals surface area contributed by atoms with Gasteiger partial charge in [-0.05, 0) is 76.1 Å². The number of rotatable bonds is 11. The predicted octanol–water partition coefficient (Wildman–Crippen LogP) is 5.48. The minimum absolute atomic E-state index is 0.0607. The quantitative estimate of drug-likeness (QED) is 0.331. The maximum Gasteiger partial charge on any atom is 0.264 e. The number of nitrogens with one attached hydrogen (secondary N) is 1. The number of carbonyl (C=O) groups is 2. The lowest BCUT2D eigenvalue weighted by Gasteiger charge is -2.33. The number of anilines is 1. The van der Waals surface area contributed by atoms with Crippen molar-refractivity contribution in [3.05, 3.63) is 94.5 Å². The lowest BCUT2D eigenvalue weighted by molar-refractivity contribution is -0.140. The van der Waals surface area contributed by atoms with E-state index in [4.69, 9.17) is 11.6 Å². The summed E-state index contributed by atoms with van der Waals surface area (Å²) in [4.78, 5) is 28.7. The fraction of sp³-hybridized carbons (Fsp3) is 0.333. The molecule has 7 nitrogen and oxygen atoms in total. The van der Waals surface area contributed by atoms with Crippen LogP contribution in [0.2, 0.25) is 5.02 Å². The van der Waals surface area contributed by atoms with Crippen LogP contribution in [-0.4, -0.2) is 43.8 Å². The van der Waals surface area contributed by atoms with Crippen molar-refractivity contribution in [2.75, 3.05) is 10.8 Å². The van der Waals surface area contributed by atoms with E-state index >= 15 is 0 Å². The highest BCUT2D eigenvalue weighted by Gasteiger charge is 2.33. The van der Waals surface area contributed by atoms with Crippen LogP contribution in [0.15, 0.2) is 77.7 Å². The molecule has 2 amide bonds. The molecule has 0 saturated carbocycles. The van der Waals surface area contributed by atoms with Crippen LogP contribution < -0.4 is 9.62 Å². The van der Waals surface area contributed by atoms with Crippen LogP contribution in [-0.2, 0) is 26.2 Å². The Balaban J connectivity index is 2.05. The number of carbonyl (C=O) groups excluding carboxylic acids is 2. The molecule has 0 saturated heterocycles. The molecule has 0 aromatic heterocycles. The van der Waals surface area contributed by atoms with Gasteiger partial charge in [-0.3, -0.25) is 13.9 Å². The first kappa shape index (κ1) is 30.2. The highest BCUT2D eigenvalue weighted by molar-refractivity contribution is 7.92. The van der Waals surface area contributed by atoms with Gasteiger partial charge in [0, 0.05) is 17.6 Å². The summed E-state index contributed by atoms with van der Waals surface area (Å²) in [5.41, 5.74) is 3.11. The van der Waals surface area contributed by atoms with E-state index < -0.39 is 28.5 Å². The van der Waals surface area contributed by atoms with Crippen molar-refractivity contribution in [2.24, 2.45) is 0 Å². The number of sulfonamides is 1. The zero-order chi connectivity index (χ0) is 28.7. The van der Waals surface area contributed by atoms with Gasteiger partial charge in [0.1, 0.15) is 12.6 Å². The van der Waals surface area contributed by atoms with Gasteiger partial charge < -0.3 is 10.2 Å². The second-order valence-corrected chi connectivity index (χ2v) is 12.2. The van der Waals surface area contributed by atoms with Gasteiger partial charge in [-0.2, -0.15) is 0 Å². The summed E-state index contributed by atoms with van der Waals surface area (Å²) in [5.74, 6) is -0.778. The number of nitrogens with zero attached hydrogens (tertiary/aromatic N) is 2. The van der Waals surface area contributed by atoms with E-state index in [1.54, 1.807) is 36.4 Å². The van der Waals surface area contributed by atoms with Crippen LogP contribution in [0, 0.1) is 13.8 Å². The minimum Gasteiger partial charge on any atom is -0.352 e. The first-order valence-corrected chi connectivity index (χ1v) is 14.7. The second-order valence-electron chi connectivity index (χ2n) is 9.90. The zero-order valence-electron chi connectivity index (χ0n) is 23.0. The maximum absolute atomic E-state index is 14.0. The lowest BCUT2D eigenvalue weighted by Crippen LogP contribution is -2.53. The molecular formula is C30H36ClN3O4S. The molecule has 0 bridgehead atoms. The molecule has 0 spiro atoms. The Kier molecular flexibility index (Phi) is 10.2. The van der Waals surface area contributed by atoms with E-state index in [9.17, 15) is 18.0 Å². The molecular weight excluding hydrogens is 534 g/mol. The van der Waals surface area contributed by atoms with E-state index in [-0.39, 0.29) is 23.4 Å². The number of benzene rings is 3. The van der Waals surface area contributed by atoms with E-state index in [1.165, 1.54) is 17.0 Å². The molecule has 0 aliphatic carbocycles. The summed E-state index contributed by atoms with van der Waals surface area (Å²) < 4.78 is 28.8. The molecule has 0 aliphatic heterocycles. The SMILES string of the molecule is CC[C@H](C(=O)NC(C)C)N(Cc1ccc(C)cc1)C(=O)CN(c1ccc(Cl)cc1)S(=O)(=O)c1ccc(C)cc1. The summed E-state index contributed by atoms with van der Waals surface area (Å²) in [7, 11) is -4.12. The van der Waals surface area contributed by atoms with Crippen LogP contribution in [0.5, 0.6) is 0 Å². The lowest BCUT2D eigenvalue weighted by atomic mass is 10.1. The number of amides is 2. The van der Waals surface area contributed by atoms with E-state index in [1.807, 2.05) is 58.9 Å². The summed E-state index contributed by atoms with van der Waals surface area (Å²) in [6.45, 7) is 9.04. The minimum atomic E-state index is -4.12. The van der Waals surface area contributed by atoms with Crippen molar-refractivity contribution in [3.63, 3.8) is 0 Å². The van der Waals surface area contributed by atoms with Crippen LogP contribution in [0.1, 0.15) is 43.9 Å². The smallest absolute Gasteiger partial charge is 0.264 e. The molecule has 3 rings (SSSR count). The van der Waals surface area contributed by atoms with Crippen molar-refractivity contribution in [2.45, 2.75) is 64.6 Å². The molecule has 208 valence electrons. The summed E-state index contributed by atoms with van der Waals surface area (Å²) >= 11 is 6.07. The van der Waals surface area contributed by atoms with Crippen molar-refractivity contribution in [1.29, 1.82) is 0 Å². The molecule has 39 heavy (non-hydrogen) atoms. The molecule has 0 radical (unpaired) electrons. The molecule has 1 N–H and O–H groups in total. The number of aryl methyl sites for hydroxylation is 2. The molecule has 0 aliphatic rings. The molecule has 0 unspecified atom stereocenters. The zero-order valence-corrected chi connectivity index (χ0v) is 24.6. The number of halogens is 1. The van der Waals surface area contributed by atoms with Gasteiger partial charge in [0.2, 0.25) is 11.8 Å². The standard InChI is InChI=1S/C30H36ClN3O4S/c1-6-28(30(36)32-21(2)3)33(19-24-11-7-22(4)8-12-24)29(35)20-34(26-15-13-25(31)14-16-26)39(37,38)27-17-9-23(5)10-18-27/h7-18,21,28H,6,19-20H2,1-5H3,(H,32,36)/t28-/m1/s1. The molecule has 1 atom stereocenters. The van der Waals surface area contributed by atoms with Gasteiger partial charge in [0.05, 0.1) is 10.6 Å². The Labute approximate surface area is 236 Å². The average molecular weight is 570 g/mol. The van der Waals surface area contributed by atoms with Gasteiger partial charge in [-0.15, -0.1) is 0 Å². The average Bonchev–Trinajstić information content (AvgIpc) is 2.88. The van der Waals surface area contributed by atoms with Gasteiger partial charge in [0.25, 0.3) is 10.0 Å². The van der Waals surface area contributed by atoms with Gasteiger partial charge in [0.15, 0.2) is 0 Å². The monoisotopic (exact) mass is 569 g/mol. The van der Waals surface area contributed by atoms with E-state index in [0.29, 0.717) is 17.1 Å². The van der Waals surface area contributed by atoms with Gasteiger partial charge in [-0.25, -0.2) is 8.42 Å². The number of hydrogen-bond donors (Lipinski definition) is 1. The predicted molar refractivity (Wildman–Crippen MR) is 156 cm³/mol. The van der Waals surface area contributed by atoms with Crippen molar-refractivity contribution in [3.8, 4) is 0 Å². The topological polar surface area (TPSA) is 86.8 Å². The summed E-state index contributed by atoms with van der Waals surface area (Å²) in [6, 6.07) is 19.5. The fourth-order valence-electron chi connectivity index (χ4n) is 4.16. The molecule has 3 aromatic rings. The van der Waals surface area contributed by atoms with Crippen LogP contribution in [0.4, 0.5) is 5.69 Å². The van der Waals surface area contributed by atoms with Crippen LogP contribution in [0.25, 0.3) is 0 Å². The highest BCUT2D eigenvalue weighted by atomic mass is 35.5. The van der Waals surface area contributed by atoms with Crippen molar-refractivity contribution >= 4 is 39.1 Å². The Bertz CT molecular complexity index is 1370. The third-order valence-corrected chi connectivity index (χ3v) is 8.33. The van der Waals surface area contributed by atoms with E-state index in [0.717, 1.165) is 21.0 Å². The van der Waals surface area contributed by atoms with Crippen LogP contribution >= 0.6 is 11.6 Å². The number of hydrogen-bond acceptors (Lipinski definition) is 4. The maximum atomic E-state index is 14.0. The van der Waals surface area contributed by atoms with Gasteiger partial charge in [-0.1, -0.05) is 66.0 Å².